The molecule has 0 saturated carbocycles. The van der Waals surface area contributed by atoms with Crippen molar-refractivity contribution in [3.63, 3.8) is 0 Å². The lowest BCUT2D eigenvalue weighted by Crippen LogP contribution is -2.28. The maximum Gasteiger partial charge on any atom is 0.319 e. The van der Waals surface area contributed by atoms with Crippen LogP contribution in [-0.2, 0) is 19.4 Å². The van der Waals surface area contributed by atoms with E-state index in [9.17, 15) is 15.3 Å². The van der Waals surface area contributed by atoms with Crippen LogP contribution in [0.4, 0.5) is 38.9 Å². The molecule has 0 saturated heterocycles. The molecular weight excluding hydrogens is 695 g/mol. The Morgan fingerprint density at radius 1 is 0.554 bits per heavy atom. The van der Waals surface area contributed by atoms with Gasteiger partial charge in [0.2, 0.25) is 0 Å². The van der Waals surface area contributed by atoms with E-state index < -0.39 is 6.03 Å². The Morgan fingerprint density at radius 2 is 1.07 bits per heavy atom. The van der Waals surface area contributed by atoms with Crippen LogP contribution in [0.5, 0.6) is 0 Å². The summed E-state index contributed by atoms with van der Waals surface area (Å²) in [4.78, 5) is 15.2. The number of amides is 2. The van der Waals surface area contributed by atoms with Gasteiger partial charge in [-0.3, -0.25) is 0 Å². The van der Waals surface area contributed by atoms with Crippen LogP contribution in [0.1, 0.15) is 27.8 Å². The molecule has 6 aromatic rings. The van der Waals surface area contributed by atoms with Crippen molar-refractivity contribution in [1.82, 2.24) is 5.32 Å². The predicted octanol–water partition coefficient (Wildman–Crippen LogP) is 10.9. The van der Waals surface area contributed by atoms with E-state index >= 15 is 0 Å². The molecule has 0 unspecified atom stereocenters. The summed E-state index contributed by atoms with van der Waals surface area (Å²) >= 11 is 0. The highest BCUT2D eigenvalue weighted by Gasteiger charge is 2.27. The van der Waals surface area contributed by atoms with Crippen molar-refractivity contribution in [3.8, 4) is 35.4 Å². The summed E-state index contributed by atoms with van der Waals surface area (Å²) in [6, 6.07) is 52.2. The van der Waals surface area contributed by atoms with Gasteiger partial charge >= 0.3 is 6.03 Å². The Labute approximate surface area is 324 Å². The van der Waals surface area contributed by atoms with Crippen molar-refractivity contribution in [2.75, 3.05) is 10.2 Å². The third-order valence-corrected chi connectivity index (χ3v) is 9.13. The van der Waals surface area contributed by atoms with E-state index in [1.807, 2.05) is 103 Å². The minimum Gasteiger partial charge on any atom is -0.334 e. The largest absolute Gasteiger partial charge is 0.334 e. The second-order valence-electron chi connectivity index (χ2n) is 12.8. The van der Waals surface area contributed by atoms with Gasteiger partial charge in [-0.1, -0.05) is 66.7 Å². The van der Waals surface area contributed by atoms with Gasteiger partial charge < -0.3 is 15.5 Å². The highest BCUT2D eigenvalue weighted by Crippen LogP contribution is 2.48. The number of carbonyl (C=O) groups is 1. The molecule has 0 aliphatic heterocycles. The van der Waals surface area contributed by atoms with E-state index in [-0.39, 0.29) is 25.0 Å². The first-order valence-electron chi connectivity index (χ1n) is 17.6. The minimum atomic E-state index is -0.453. The number of nitrogens with zero attached hydrogens (tertiary/aromatic N) is 7. The van der Waals surface area contributed by atoms with Crippen molar-refractivity contribution in [2.24, 2.45) is 10.2 Å². The summed E-state index contributed by atoms with van der Waals surface area (Å²) in [5, 5.41) is 52.8. The van der Waals surface area contributed by atoms with Crippen molar-refractivity contribution >= 4 is 45.7 Å². The first-order valence-corrected chi connectivity index (χ1v) is 17.6. The van der Waals surface area contributed by atoms with Gasteiger partial charge in [0.15, 0.2) is 0 Å². The van der Waals surface area contributed by atoms with Crippen molar-refractivity contribution < 1.29 is 4.79 Å². The molecule has 10 nitrogen and oxygen atoms in total. The summed E-state index contributed by atoms with van der Waals surface area (Å²) in [6.45, 7) is 0.188. The number of carbonyl (C=O) groups excluding carboxylic acids is 1. The first-order chi connectivity index (χ1) is 27.5. The molecular formula is C46H31N9O. The molecule has 2 N–H and O–H groups in total. The molecule has 0 atom stereocenters. The molecule has 7 rings (SSSR count). The number of para-hydroxylation sites is 2. The van der Waals surface area contributed by atoms with Crippen LogP contribution in [0, 0.1) is 45.3 Å². The zero-order chi connectivity index (χ0) is 38.9. The fraction of sp³-hybridized carbons (Fsp3) is 0.0652. The molecule has 1 aliphatic carbocycles. The maximum absolute atomic E-state index is 13.0. The van der Waals surface area contributed by atoms with Crippen LogP contribution in [0.3, 0.4) is 0 Å². The molecule has 0 spiro atoms. The van der Waals surface area contributed by atoms with Gasteiger partial charge in [0.25, 0.3) is 0 Å². The van der Waals surface area contributed by atoms with Crippen molar-refractivity contribution in [1.29, 1.82) is 21.0 Å². The number of hydrogen-bond acceptors (Lipinski definition) is 8. The molecule has 0 radical (unpaired) electrons. The highest BCUT2D eigenvalue weighted by atomic mass is 16.2. The second kappa shape index (κ2) is 16.6. The quantitative estimate of drug-likeness (QED) is 0.105. The topological polar surface area (TPSA) is 164 Å². The number of benzene rings is 6. The fourth-order valence-corrected chi connectivity index (χ4v) is 6.72. The molecule has 56 heavy (non-hydrogen) atoms. The monoisotopic (exact) mass is 725 g/mol. The number of nitriles is 4. The number of allylic oxidation sites excluding steroid dienone is 1. The van der Waals surface area contributed by atoms with Crippen LogP contribution < -0.4 is 15.5 Å². The van der Waals surface area contributed by atoms with Gasteiger partial charge in [-0.15, -0.1) is 0 Å². The maximum atomic E-state index is 13.0. The summed E-state index contributed by atoms with van der Waals surface area (Å²) in [7, 11) is 0. The van der Waals surface area contributed by atoms with E-state index in [2.05, 4.69) is 62.2 Å². The Hall–Kier alpha value is -8.31. The molecule has 2 amide bonds. The lowest BCUT2D eigenvalue weighted by Gasteiger charge is -2.25. The van der Waals surface area contributed by atoms with Crippen LogP contribution in [0.2, 0.25) is 0 Å². The summed E-state index contributed by atoms with van der Waals surface area (Å²) < 4.78 is 0. The predicted molar refractivity (Wildman–Crippen MR) is 215 cm³/mol. The Morgan fingerprint density at radius 3 is 1.66 bits per heavy atom. The SMILES string of the molecule is N#CCc1cc(CC#N)cc(CNC(=O)Nc2ccc3c(c2)-c2cc(N=Nc4ccc(N(c5ccccc5)c5ccccc5)cc4)ccc2C3=C(C#N)C#N)c1. The van der Waals surface area contributed by atoms with E-state index in [4.69, 9.17) is 10.5 Å². The normalized spacial score (nSPS) is 11.0. The number of hydrogen-bond donors (Lipinski definition) is 2. The van der Waals surface area contributed by atoms with Crippen LogP contribution in [-0.4, -0.2) is 6.03 Å². The molecule has 10 heteroatoms. The first kappa shape index (κ1) is 36.1. The van der Waals surface area contributed by atoms with Crippen LogP contribution in [0.25, 0.3) is 16.7 Å². The second-order valence-corrected chi connectivity index (χ2v) is 12.8. The third kappa shape index (κ3) is 7.87. The van der Waals surface area contributed by atoms with E-state index in [1.54, 1.807) is 24.3 Å². The molecule has 1 aliphatic rings. The van der Waals surface area contributed by atoms with Crippen LogP contribution >= 0.6 is 0 Å². The fourth-order valence-electron chi connectivity index (χ4n) is 6.72. The molecule has 0 fully saturated rings. The van der Waals surface area contributed by atoms with Crippen molar-refractivity contribution in [2.45, 2.75) is 19.4 Å². The Bertz CT molecular complexity index is 2590. The van der Waals surface area contributed by atoms with E-state index in [0.717, 1.165) is 44.9 Å². The van der Waals surface area contributed by atoms with E-state index in [1.165, 1.54) is 0 Å². The Balaban J connectivity index is 1.12. The lowest BCUT2D eigenvalue weighted by atomic mass is 9.99. The molecule has 0 heterocycles. The van der Waals surface area contributed by atoms with Gasteiger partial charge in [-0.2, -0.15) is 31.3 Å². The zero-order valence-corrected chi connectivity index (χ0v) is 29.9. The van der Waals surface area contributed by atoms with Crippen LogP contribution in [0.15, 0.2) is 155 Å². The highest BCUT2D eigenvalue weighted by molar-refractivity contribution is 6.06. The summed E-state index contributed by atoms with van der Waals surface area (Å²) in [5.74, 6) is 0. The zero-order valence-electron chi connectivity index (χ0n) is 29.9. The number of rotatable bonds is 10. The average Bonchev–Trinajstić information content (AvgIpc) is 3.54. The molecule has 266 valence electrons. The summed E-state index contributed by atoms with van der Waals surface area (Å²) in [6.07, 6.45) is 0.397. The molecule has 0 bridgehead atoms. The summed E-state index contributed by atoms with van der Waals surface area (Å²) in [5.41, 5.74) is 10.4. The number of azo groups is 1. The Kier molecular flexibility index (Phi) is 10.7. The standard InChI is InChI=1S/C46H31N9O/c47-21-19-31-23-32(20-22-48)25-33(24-31)30-51-46(56)52-36-13-17-41-43(26-36)44-27-37(14-18-42(44)45(41)34(28-49)29-50)54-53-35-11-15-40(16-12-35)55(38-7-3-1-4-8-38)39-9-5-2-6-10-39/h1-18,23-27H,19-20,30H2,(H2,51,52,56). The van der Waals surface area contributed by atoms with Gasteiger partial charge in [0, 0.05) is 34.9 Å². The van der Waals surface area contributed by atoms with Crippen molar-refractivity contribution in [3.05, 3.63) is 173 Å². The molecule has 6 aromatic carbocycles. The van der Waals surface area contributed by atoms with Gasteiger partial charge in [0.1, 0.15) is 17.7 Å². The number of fused-ring (bicyclic) bond motifs is 3. The smallest absolute Gasteiger partial charge is 0.319 e. The van der Waals surface area contributed by atoms with E-state index in [0.29, 0.717) is 33.8 Å². The minimum absolute atomic E-state index is 0.0210. The number of urea groups is 1. The van der Waals surface area contributed by atoms with Gasteiger partial charge in [0.05, 0.1) is 36.4 Å². The third-order valence-electron chi connectivity index (χ3n) is 9.13. The lowest BCUT2D eigenvalue weighted by molar-refractivity contribution is 0.251. The number of nitrogens with one attached hydrogen (secondary N) is 2. The molecule has 0 aromatic heterocycles. The van der Waals surface area contributed by atoms with Gasteiger partial charge in [-0.05, 0) is 112 Å². The average molecular weight is 726 g/mol. The van der Waals surface area contributed by atoms with Gasteiger partial charge in [-0.25, -0.2) is 4.79 Å². The number of anilines is 4.